The molecule has 1 heterocycles. The van der Waals surface area contributed by atoms with Gasteiger partial charge in [-0.15, -0.1) is 0 Å². The van der Waals surface area contributed by atoms with E-state index >= 15 is 0 Å². The van der Waals surface area contributed by atoms with Crippen LogP contribution in [0.25, 0.3) is 0 Å². The number of hydrogen-bond acceptors (Lipinski definition) is 3. The third kappa shape index (κ3) is 2.76. The van der Waals surface area contributed by atoms with E-state index in [0.29, 0.717) is 12.1 Å². The van der Waals surface area contributed by atoms with E-state index in [1.54, 1.807) is 18.0 Å². The molecule has 0 radical (unpaired) electrons. The zero-order valence-electron chi connectivity index (χ0n) is 11.3. The summed E-state index contributed by atoms with van der Waals surface area (Å²) in [6.07, 6.45) is 1.58. The summed E-state index contributed by atoms with van der Waals surface area (Å²) >= 11 is 0. The van der Waals surface area contributed by atoms with E-state index < -0.39 is 0 Å². The molecule has 0 aliphatic carbocycles. The summed E-state index contributed by atoms with van der Waals surface area (Å²) < 4.78 is 6.92. The molecule has 5 nitrogen and oxygen atoms in total. The molecule has 0 unspecified atom stereocenters. The summed E-state index contributed by atoms with van der Waals surface area (Å²) in [4.78, 5) is 12.0. The van der Waals surface area contributed by atoms with Crippen molar-refractivity contribution >= 4 is 5.91 Å². The van der Waals surface area contributed by atoms with Crippen LogP contribution in [0.1, 0.15) is 21.6 Å². The highest BCUT2D eigenvalue weighted by molar-refractivity contribution is 5.95. The Morgan fingerprint density at radius 3 is 2.79 bits per heavy atom. The lowest BCUT2D eigenvalue weighted by molar-refractivity contribution is 0.0950. The maximum absolute atomic E-state index is 12.0. The number of amides is 1. The number of aryl methyl sites for hydroxylation is 1. The SMILES string of the molecule is COc1ccccc1CNC(=O)c1cnn(C)c1C. The molecule has 0 spiro atoms. The molecular weight excluding hydrogens is 242 g/mol. The maximum Gasteiger partial charge on any atom is 0.255 e. The number of carbonyl (C=O) groups excluding carboxylic acids is 1. The Kier molecular flexibility index (Phi) is 3.85. The summed E-state index contributed by atoms with van der Waals surface area (Å²) in [5.41, 5.74) is 2.38. The second kappa shape index (κ2) is 5.56. The van der Waals surface area contributed by atoms with Gasteiger partial charge in [-0.2, -0.15) is 5.10 Å². The molecule has 0 aliphatic rings. The molecular formula is C14H17N3O2. The third-order valence-corrected chi connectivity index (χ3v) is 3.11. The topological polar surface area (TPSA) is 56.1 Å². The van der Waals surface area contributed by atoms with Crippen LogP contribution in [0.4, 0.5) is 0 Å². The van der Waals surface area contributed by atoms with Crippen molar-refractivity contribution in [3.8, 4) is 5.75 Å². The summed E-state index contributed by atoms with van der Waals surface area (Å²) in [7, 11) is 3.43. The normalized spacial score (nSPS) is 10.3. The minimum absolute atomic E-state index is 0.128. The number of rotatable bonds is 4. The largest absolute Gasteiger partial charge is 0.496 e. The van der Waals surface area contributed by atoms with E-state index in [1.807, 2.05) is 38.2 Å². The number of aromatic nitrogens is 2. The van der Waals surface area contributed by atoms with E-state index in [1.165, 1.54) is 0 Å². The predicted octanol–water partition coefficient (Wildman–Crippen LogP) is 1.67. The minimum Gasteiger partial charge on any atom is -0.496 e. The molecule has 0 atom stereocenters. The second-order valence-electron chi connectivity index (χ2n) is 4.26. The molecule has 2 aromatic rings. The van der Waals surface area contributed by atoms with Gasteiger partial charge in [0, 0.05) is 24.8 Å². The van der Waals surface area contributed by atoms with Crippen LogP contribution in [0.2, 0.25) is 0 Å². The molecule has 1 aromatic carbocycles. The van der Waals surface area contributed by atoms with Crippen LogP contribution in [0.15, 0.2) is 30.5 Å². The molecule has 100 valence electrons. The van der Waals surface area contributed by atoms with E-state index in [-0.39, 0.29) is 5.91 Å². The molecule has 0 saturated heterocycles. The Balaban J connectivity index is 2.07. The van der Waals surface area contributed by atoms with Gasteiger partial charge in [-0.25, -0.2) is 0 Å². The van der Waals surface area contributed by atoms with Crippen molar-refractivity contribution in [2.24, 2.45) is 7.05 Å². The fraction of sp³-hybridized carbons (Fsp3) is 0.286. The quantitative estimate of drug-likeness (QED) is 0.908. The number of ether oxygens (including phenoxy) is 1. The second-order valence-corrected chi connectivity index (χ2v) is 4.26. The van der Waals surface area contributed by atoms with Gasteiger partial charge in [0.05, 0.1) is 18.9 Å². The Morgan fingerprint density at radius 1 is 1.42 bits per heavy atom. The van der Waals surface area contributed by atoms with Gasteiger partial charge >= 0.3 is 0 Å². The number of nitrogens with zero attached hydrogens (tertiary/aromatic N) is 2. The first-order chi connectivity index (χ1) is 9.13. The predicted molar refractivity (Wildman–Crippen MR) is 72.1 cm³/mol. The lowest BCUT2D eigenvalue weighted by Gasteiger charge is -2.09. The van der Waals surface area contributed by atoms with Gasteiger partial charge in [-0.3, -0.25) is 9.48 Å². The van der Waals surface area contributed by atoms with Crippen LogP contribution < -0.4 is 10.1 Å². The van der Waals surface area contributed by atoms with Crippen molar-refractivity contribution < 1.29 is 9.53 Å². The van der Waals surface area contributed by atoms with E-state index in [0.717, 1.165) is 17.0 Å². The molecule has 1 N–H and O–H groups in total. The van der Waals surface area contributed by atoms with Crippen LogP contribution in [0.3, 0.4) is 0 Å². The van der Waals surface area contributed by atoms with Crippen LogP contribution in [0, 0.1) is 6.92 Å². The highest BCUT2D eigenvalue weighted by Gasteiger charge is 2.12. The summed E-state index contributed by atoms with van der Waals surface area (Å²) in [5, 5.41) is 6.93. The first kappa shape index (κ1) is 13.1. The lowest BCUT2D eigenvalue weighted by atomic mass is 10.2. The molecule has 2 rings (SSSR count). The van der Waals surface area contributed by atoms with Crippen molar-refractivity contribution in [1.29, 1.82) is 0 Å². The van der Waals surface area contributed by atoms with Crippen molar-refractivity contribution in [2.75, 3.05) is 7.11 Å². The molecule has 0 saturated carbocycles. The summed E-state index contributed by atoms with van der Waals surface area (Å²) in [6.45, 7) is 2.29. The first-order valence-electron chi connectivity index (χ1n) is 6.02. The molecule has 0 aliphatic heterocycles. The van der Waals surface area contributed by atoms with Crippen molar-refractivity contribution in [1.82, 2.24) is 15.1 Å². The highest BCUT2D eigenvalue weighted by atomic mass is 16.5. The third-order valence-electron chi connectivity index (χ3n) is 3.11. The van der Waals surface area contributed by atoms with Gasteiger partial charge in [0.2, 0.25) is 0 Å². The summed E-state index contributed by atoms with van der Waals surface area (Å²) in [5.74, 6) is 0.641. The number of hydrogen-bond donors (Lipinski definition) is 1. The zero-order valence-corrected chi connectivity index (χ0v) is 11.3. The monoisotopic (exact) mass is 259 g/mol. The first-order valence-corrected chi connectivity index (χ1v) is 6.02. The molecule has 0 bridgehead atoms. The molecule has 5 heteroatoms. The van der Waals surface area contributed by atoms with Crippen molar-refractivity contribution in [3.05, 3.63) is 47.3 Å². The van der Waals surface area contributed by atoms with E-state index in [4.69, 9.17) is 4.74 Å². The Labute approximate surface area is 112 Å². The Morgan fingerprint density at radius 2 is 2.16 bits per heavy atom. The number of benzene rings is 1. The average Bonchev–Trinajstić information content (AvgIpc) is 2.77. The number of para-hydroxylation sites is 1. The van der Waals surface area contributed by atoms with E-state index in [9.17, 15) is 4.79 Å². The Hall–Kier alpha value is -2.30. The van der Waals surface area contributed by atoms with Crippen molar-refractivity contribution in [3.63, 3.8) is 0 Å². The highest BCUT2D eigenvalue weighted by Crippen LogP contribution is 2.17. The smallest absolute Gasteiger partial charge is 0.255 e. The number of methoxy groups -OCH3 is 1. The maximum atomic E-state index is 12.0. The number of nitrogens with one attached hydrogen (secondary N) is 1. The van der Waals surface area contributed by atoms with Crippen LogP contribution in [0.5, 0.6) is 5.75 Å². The van der Waals surface area contributed by atoms with Gasteiger partial charge < -0.3 is 10.1 Å². The van der Waals surface area contributed by atoms with Gasteiger partial charge in [0.15, 0.2) is 0 Å². The van der Waals surface area contributed by atoms with E-state index in [2.05, 4.69) is 10.4 Å². The van der Waals surface area contributed by atoms with Gasteiger partial charge in [0.25, 0.3) is 5.91 Å². The Bertz CT molecular complexity index is 590. The zero-order chi connectivity index (χ0) is 13.8. The number of carbonyl (C=O) groups is 1. The fourth-order valence-corrected chi connectivity index (χ4v) is 1.84. The molecule has 1 aromatic heterocycles. The molecule has 19 heavy (non-hydrogen) atoms. The average molecular weight is 259 g/mol. The van der Waals surface area contributed by atoms with Crippen LogP contribution in [-0.4, -0.2) is 22.8 Å². The van der Waals surface area contributed by atoms with Gasteiger partial charge in [-0.05, 0) is 13.0 Å². The van der Waals surface area contributed by atoms with Gasteiger partial charge in [0.1, 0.15) is 5.75 Å². The lowest BCUT2D eigenvalue weighted by Crippen LogP contribution is -2.23. The standard InChI is InChI=1S/C14H17N3O2/c1-10-12(9-16-17(10)2)14(18)15-8-11-6-4-5-7-13(11)19-3/h4-7,9H,8H2,1-3H3,(H,15,18). The summed E-state index contributed by atoms with van der Waals surface area (Å²) in [6, 6.07) is 7.61. The minimum atomic E-state index is -0.128. The fourth-order valence-electron chi connectivity index (χ4n) is 1.84. The molecule has 0 fully saturated rings. The molecule has 1 amide bonds. The van der Waals surface area contributed by atoms with Gasteiger partial charge in [-0.1, -0.05) is 18.2 Å². The van der Waals surface area contributed by atoms with Crippen LogP contribution in [-0.2, 0) is 13.6 Å². The van der Waals surface area contributed by atoms with Crippen LogP contribution >= 0.6 is 0 Å². The van der Waals surface area contributed by atoms with Crippen molar-refractivity contribution in [2.45, 2.75) is 13.5 Å².